The summed E-state index contributed by atoms with van der Waals surface area (Å²) >= 11 is 0. The Morgan fingerprint density at radius 3 is 2.62 bits per heavy atom. The van der Waals surface area contributed by atoms with E-state index >= 15 is 0 Å². The van der Waals surface area contributed by atoms with Crippen LogP contribution in [0.15, 0.2) is 72.8 Å². The Morgan fingerprint density at radius 1 is 0.971 bits per heavy atom. The summed E-state index contributed by atoms with van der Waals surface area (Å²) < 4.78 is 22.4. The molecular weight excluding hydrogens is 431 g/mol. The van der Waals surface area contributed by atoms with Gasteiger partial charge in [0.1, 0.15) is 24.0 Å². The molecule has 0 saturated carbocycles. The molecule has 2 heterocycles. The van der Waals surface area contributed by atoms with Crippen molar-refractivity contribution in [3.8, 4) is 17.1 Å². The highest BCUT2D eigenvalue weighted by Gasteiger charge is 2.18. The number of nitrogens with zero attached hydrogens (tertiary/aromatic N) is 3. The molecule has 0 spiro atoms. The number of aryl methyl sites for hydroxylation is 1. The van der Waals surface area contributed by atoms with Gasteiger partial charge in [-0.3, -0.25) is 4.79 Å². The van der Waals surface area contributed by atoms with E-state index in [1.807, 2.05) is 42.5 Å². The van der Waals surface area contributed by atoms with E-state index in [9.17, 15) is 9.18 Å². The van der Waals surface area contributed by atoms with Crippen molar-refractivity contribution < 1.29 is 13.9 Å². The van der Waals surface area contributed by atoms with Crippen LogP contribution >= 0.6 is 0 Å². The number of aromatic nitrogens is 3. The molecule has 0 aliphatic carbocycles. The molecule has 6 nitrogen and oxygen atoms in total. The average Bonchev–Trinajstić information content (AvgIpc) is 3.13. The number of hydrogen-bond donors (Lipinski definition) is 1. The van der Waals surface area contributed by atoms with Crippen molar-refractivity contribution in [2.45, 2.75) is 38.8 Å². The molecule has 172 valence electrons. The minimum Gasteiger partial charge on any atom is -0.489 e. The van der Waals surface area contributed by atoms with Gasteiger partial charge in [-0.2, -0.15) is 0 Å². The lowest BCUT2D eigenvalue weighted by molar-refractivity contribution is 0.102. The van der Waals surface area contributed by atoms with Gasteiger partial charge in [-0.05, 0) is 60.9 Å². The van der Waals surface area contributed by atoms with E-state index in [-0.39, 0.29) is 11.6 Å². The Morgan fingerprint density at radius 2 is 1.79 bits per heavy atom. The topological polar surface area (TPSA) is 69.0 Å². The lowest BCUT2D eigenvalue weighted by Crippen LogP contribution is -2.13. The van der Waals surface area contributed by atoms with E-state index in [4.69, 9.17) is 4.74 Å². The van der Waals surface area contributed by atoms with Gasteiger partial charge >= 0.3 is 0 Å². The maximum Gasteiger partial charge on any atom is 0.255 e. The molecule has 1 amide bonds. The zero-order valence-corrected chi connectivity index (χ0v) is 18.7. The molecule has 4 aromatic rings. The van der Waals surface area contributed by atoms with E-state index < -0.39 is 5.82 Å². The van der Waals surface area contributed by atoms with Crippen LogP contribution in [0.4, 0.5) is 10.1 Å². The summed E-state index contributed by atoms with van der Waals surface area (Å²) in [6.45, 7) is 1.24. The second-order valence-corrected chi connectivity index (χ2v) is 8.35. The van der Waals surface area contributed by atoms with Crippen LogP contribution in [0.1, 0.15) is 41.0 Å². The molecule has 1 aliphatic heterocycles. The second-order valence-electron chi connectivity index (χ2n) is 8.35. The summed E-state index contributed by atoms with van der Waals surface area (Å²) in [5.41, 5.74) is 2.21. The van der Waals surface area contributed by atoms with Gasteiger partial charge in [-0.1, -0.05) is 36.8 Å². The monoisotopic (exact) mass is 456 g/mol. The van der Waals surface area contributed by atoms with Gasteiger partial charge in [0.15, 0.2) is 5.82 Å². The highest BCUT2D eigenvalue weighted by Crippen LogP contribution is 2.27. The first-order chi connectivity index (χ1) is 16.7. The first-order valence-corrected chi connectivity index (χ1v) is 11.5. The molecule has 1 aromatic heterocycles. The third-order valence-corrected chi connectivity index (χ3v) is 5.95. The number of benzene rings is 3. The van der Waals surface area contributed by atoms with E-state index in [0.29, 0.717) is 18.0 Å². The number of rotatable bonds is 6. The second kappa shape index (κ2) is 9.87. The molecule has 1 N–H and O–H groups in total. The number of nitrogens with one attached hydrogen (secondary N) is 1. The van der Waals surface area contributed by atoms with Gasteiger partial charge in [0.2, 0.25) is 0 Å². The van der Waals surface area contributed by atoms with Crippen molar-refractivity contribution >= 4 is 11.6 Å². The lowest BCUT2D eigenvalue weighted by Gasteiger charge is -2.11. The molecule has 0 atom stereocenters. The predicted molar refractivity (Wildman–Crippen MR) is 128 cm³/mol. The summed E-state index contributed by atoms with van der Waals surface area (Å²) in [5, 5.41) is 11.3. The molecule has 3 aromatic carbocycles. The van der Waals surface area contributed by atoms with Crippen LogP contribution in [0.25, 0.3) is 11.4 Å². The Hall–Kier alpha value is -4.00. The number of ether oxygens (including phenoxy) is 1. The number of amides is 1. The average molecular weight is 457 g/mol. The van der Waals surface area contributed by atoms with E-state index in [1.54, 1.807) is 24.3 Å². The summed E-state index contributed by atoms with van der Waals surface area (Å²) in [5.74, 6) is 1.56. The predicted octanol–water partition coefficient (Wildman–Crippen LogP) is 5.64. The summed E-state index contributed by atoms with van der Waals surface area (Å²) in [7, 11) is 0. The van der Waals surface area contributed by atoms with E-state index in [0.717, 1.165) is 54.9 Å². The van der Waals surface area contributed by atoms with Crippen LogP contribution in [-0.4, -0.2) is 20.7 Å². The van der Waals surface area contributed by atoms with E-state index in [1.165, 1.54) is 6.07 Å². The Balaban J connectivity index is 1.29. The van der Waals surface area contributed by atoms with E-state index in [2.05, 4.69) is 20.1 Å². The number of carbonyl (C=O) groups excluding carboxylic acids is 1. The molecule has 34 heavy (non-hydrogen) atoms. The number of halogens is 1. The lowest BCUT2D eigenvalue weighted by atomic mass is 10.1. The normalized spacial score (nSPS) is 13.1. The first-order valence-electron chi connectivity index (χ1n) is 11.5. The standard InChI is InChI=1S/C27H25FN4O2/c28-23-15-14-21(26-31-30-25-9-5-2-6-16-32(25)26)17-24(23)29-27(33)20-12-10-19(11-13-20)18-34-22-7-3-1-4-8-22/h1,3-4,7-8,10-15,17H,2,5-6,9,16,18H2,(H,29,33). The first kappa shape index (κ1) is 21.8. The van der Waals surface area contributed by atoms with Crippen molar-refractivity contribution in [3.63, 3.8) is 0 Å². The van der Waals surface area contributed by atoms with Gasteiger partial charge in [0.05, 0.1) is 5.69 Å². The van der Waals surface area contributed by atoms with Crippen LogP contribution in [0, 0.1) is 5.82 Å². The van der Waals surface area contributed by atoms with Crippen molar-refractivity contribution in [3.05, 3.63) is 95.6 Å². The highest BCUT2D eigenvalue weighted by molar-refractivity contribution is 6.04. The van der Waals surface area contributed by atoms with Crippen LogP contribution in [0.5, 0.6) is 5.75 Å². The zero-order chi connectivity index (χ0) is 23.3. The molecule has 5 rings (SSSR count). The minimum absolute atomic E-state index is 0.116. The van der Waals surface area contributed by atoms with Crippen LogP contribution in [-0.2, 0) is 19.6 Å². The Bertz CT molecular complexity index is 1290. The molecule has 7 heteroatoms. The molecule has 0 radical (unpaired) electrons. The molecular formula is C27H25FN4O2. The SMILES string of the molecule is O=C(Nc1cc(-c2nnc3n2CCCCC3)ccc1F)c1ccc(COc2ccccc2)cc1. The number of carbonyl (C=O) groups is 1. The van der Waals surface area contributed by atoms with Crippen LogP contribution < -0.4 is 10.1 Å². The fourth-order valence-electron chi connectivity index (χ4n) is 4.09. The zero-order valence-electron chi connectivity index (χ0n) is 18.7. The summed E-state index contributed by atoms with van der Waals surface area (Å²) in [6, 6.07) is 21.3. The third-order valence-electron chi connectivity index (χ3n) is 5.95. The number of anilines is 1. The quantitative estimate of drug-likeness (QED) is 0.408. The van der Waals surface area contributed by atoms with Crippen molar-refractivity contribution in [1.82, 2.24) is 14.8 Å². The highest BCUT2D eigenvalue weighted by atomic mass is 19.1. The number of para-hydroxylation sites is 1. The fraction of sp³-hybridized carbons (Fsp3) is 0.222. The van der Waals surface area contributed by atoms with Gasteiger partial charge in [-0.25, -0.2) is 4.39 Å². The number of hydrogen-bond acceptors (Lipinski definition) is 4. The van der Waals surface area contributed by atoms with Crippen molar-refractivity contribution in [1.29, 1.82) is 0 Å². The molecule has 1 aliphatic rings. The largest absolute Gasteiger partial charge is 0.489 e. The summed E-state index contributed by atoms with van der Waals surface area (Å²) in [4.78, 5) is 12.8. The molecule has 0 saturated heterocycles. The van der Waals surface area contributed by atoms with Gasteiger partial charge < -0.3 is 14.6 Å². The third kappa shape index (κ3) is 4.83. The maximum atomic E-state index is 14.5. The van der Waals surface area contributed by atoms with Gasteiger partial charge in [-0.15, -0.1) is 10.2 Å². The van der Waals surface area contributed by atoms with Crippen LogP contribution in [0.3, 0.4) is 0 Å². The van der Waals surface area contributed by atoms with Crippen LogP contribution in [0.2, 0.25) is 0 Å². The van der Waals surface area contributed by atoms with Gasteiger partial charge in [0.25, 0.3) is 5.91 Å². The Kier molecular flexibility index (Phi) is 6.33. The molecule has 0 fully saturated rings. The molecule has 0 bridgehead atoms. The summed E-state index contributed by atoms with van der Waals surface area (Å²) in [6.07, 6.45) is 4.21. The minimum atomic E-state index is -0.499. The fourth-order valence-corrected chi connectivity index (χ4v) is 4.09. The van der Waals surface area contributed by atoms with Crippen molar-refractivity contribution in [2.24, 2.45) is 0 Å². The Labute approximate surface area is 197 Å². The maximum absolute atomic E-state index is 14.5. The molecule has 0 unspecified atom stereocenters. The van der Waals surface area contributed by atoms with Crippen molar-refractivity contribution in [2.75, 3.05) is 5.32 Å². The number of fused-ring (bicyclic) bond motifs is 1. The smallest absolute Gasteiger partial charge is 0.255 e. The van der Waals surface area contributed by atoms with Gasteiger partial charge in [0, 0.05) is 24.1 Å².